The van der Waals surface area contributed by atoms with Crippen LogP contribution in [-0.2, 0) is 11.2 Å². The second-order valence-corrected chi connectivity index (χ2v) is 5.67. The summed E-state index contributed by atoms with van der Waals surface area (Å²) in [5.41, 5.74) is 1.84. The number of hydrogen-bond donors (Lipinski definition) is 1. The molecule has 0 saturated heterocycles. The predicted octanol–water partition coefficient (Wildman–Crippen LogP) is 2.49. The molecular formula is C13H13N3O2S. The van der Waals surface area contributed by atoms with Gasteiger partial charge in [0.1, 0.15) is 10.7 Å². The van der Waals surface area contributed by atoms with Crippen molar-refractivity contribution >= 4 is 17.3 Å². The van der Waals surface area contributed by atoms with Crippen LogP contribution in [0.1, 0.15) is 35.8 Å². The van der Waals surface area contributed by atoms with E-state index in [1.165, 1.54) is 0 Å². The molecule has 2 aromatic heterocycles. The summed E-state index contributed by atoms with van der Waals surface area (Å²) in [5, 5.41) is 9.65. The van der Waals surface area contributed by atoms with E-state index in [0.29, 0.717) is 12.3 Å². The number of aromatic nitrogens is 3. The first kappa shape index (κ1) is 12.2. The lowest BCUT2D eigenvalue weighted by atomic mass is 10.2. The first-order valence-electron chi connectivity index (χ1n) is 6.22. The summed E-state index contributed by atoms with van der Waals surface area (Å²) in [5.74, 6) is -0.248. The van der Waals surface area contributed by atoms with Crippen LogP contribution < -0.4 is 0 Å². The minimum Gasteiger partial charge on any atom is -0.481 e. The molecule has 6 heteroatoms. The predicted molar refractivity (Wildman–Crippen MR) is 71.1 cm³/mol. The van der Waals surface area contributed by atoms with E-state index < -0.39 is 5.97 Å². The summed E-state index contributed by atoms with van der Waals surface area (Å²) in [6.07, 6.45) is 7.99. The standard InChI is InChI=1S/C13H13N3O2S/c17-11(18)4-3-10-12(8-1-2-8)16-13(19-10)9-7-14-5-6-15-9/h5-8H,1-4H2,(H,17,18). The molecule has 0 spiro atoms. The highest BCUT2D eigenvalue weighted by Gasteiger charge is 2.30. The summed E-state index contributed by atoms with van der Waals surface area (Å²) in [6, 6.07) is 0. The molecule has 0 aliphatic heterocycles. The van der Waals surface area contributed by atoms with Crippen LogP contribution >= 0.6 is 11.3 Å². The number of rotatable bonds is 5. The third kappa shape index (κ3) is 2.78. The van der Waals surface area contributed by atoms with Crippen LogP contribution in [0.3, 0.4) is 0 Å². The Morgan fingerprint density at radius 2 is 2.26 bits per heavy atom. The van der Waals surface area contributed by atoms with E-state index in [-0.39, 0.29) is 6.42 Å². The fourth-order valence-electron chi connectivity index (χ4n) is 1.96. The van der Waals surface area contributed by atoms with Gasteiger partial charge >= 0.3 is 5.97 Å². The van der Waals surface area contributed by atoms with Gasteiger partial charge in [0.25, 0.3) is 0 Å². The fraction of sp³-hybridized carbons (Fsp3) is 0.385. The van der Waals surface area contributed by atoms with Crippen molar-refractivity contribution in [2.24, 2.45) is 0 Å². The highest BCUT2D eigenvalue weighted by molar-refractivity contribution is 7.15. The minimum absolute atomic E-state index is 0.155. The Bertz CT molecular complexity index is 593. The van der Waals surface area contributed by atoms with Crippen molar-refractivity contribution in [2.45, 2.75) is 31.6 Å². The van der Waals surface area contributed by atoms with Gasteiger partial charge < -0.3 is 5.11 Å². The van der Waals surface area contributed by atoms with Crippen LogP contribution in [0.2, 0.25) is 0 Å². The SMILES string of the molecule is O=C(O)CCc1sc(-c2cnccn2)nc1C1CC1. The Balaban J connectivity index is 1.90. The molecular weight excluding hydrogens is 262 g/mol. The van der Waals surface area contributed by atoms with Gasteiger partial charge in [-0.25, -0.2) is 4.98 Å². The number of carbonyl (C=O) groups is 1. The van der Waals surface area contributed by atoms with Crippen LogP contribution in [-0.4, -0.2) is 26.0 Å². The summed E-state index contributed by atoms with van der Waals surface area (Å²) in [6.45, 7) is 0. The molecule has 2 heterocycles. The molecule has 1 aliphatic carbocycles. The maximum absolute atomic E-state index is 10.7. The van der Waals surface area contributed by atoms with Crippen molar-refractivity contribution in [1.82, 2.24) is 15.0 Å². The van der Waals surface area contributed by atoms with Gasteiger partial charge in [0.15, 0.2) is 0 Å². The van der Waals surface area contributed by atoms with Gasteiger partial charge in [-0.05, 0) is 19.3 Å². The summed E-state index contributed by atoms with van der Waals surface area (Å²) < 4.78 is 0. The van der Waals surface area contributed by atoms with E-state index in [1.807, 2.05) is 0 Å². The third-order valence-corrected chi connectivity index (χ3v) is 4.19. The lowest BCUT2D eigenvalue weighted by Gasteiger charge is -1.97. The van der Waals surface area contributed by atoms with Crippen molar-refractivity contribution in [2.75, 3.05) is 0 Å². The Morgan fingerprint density at radius 3 is 2.89 bits per heavy atom. The number of aliphatic carboxylic acids is 1. The van der Waals surface area contributed by atoms with Crippen molar-refractivity contribution in [3.05, 3.63) is 29.2 Å². The zero-order chi connectivity index (χ0) is 13.2. The number of carboxylic acids is 1. The molecule has 1 saturated carbocycles. The molecule has 98 valence electrons. The summed E-state index contributed by atoms with van der Waals surface area (Å²) >= 11 is 1.55. The van der Waals surface area contributed by atoms with Gasteiger partial charge in [-0.3, -0.25) is 14.8 Å². The largest absolute Gasteiger partial charge is 0.481 e. The highest BCUT2D eigenvalue weighted by Crippen LogP contribution is 2.44. The molecule has 1 fully saturated rings. The Kier molecular flexibility index (Phi) is 3.25. The number of thiazole rings is 1. The molecule has 5 nitrogen and oxygen atoms in total. The lowest BCUT2D eigenvalue weighted by molar-refractivity contribution is -0.136. The second kappa shape index (κ2) is 5.05. The van der Waals surface area contributed by atoms with Crippen LogP contribution in [0.15, 0.2) is 18.6 Å². The van der Waals surface area contributed by atoms with E-state index in [9.17, 15) is 4.79 Å². The van der Waals surface area contributed by atoms with Crippen LogP contribution in [0, 0.1) is 0 Å². The van der Waals surface area contributed by atoms with Crippen LogP contribution in [0.5, 0.6) is 0 Å². The molecule has 0 atom stereocenters. The number of hydrogen-bond acceptors (Lipinski definition) is 5. The van der Waals surface area contributed by atoms with Crippen molar-refractivity contribution in [1.29, 1.82) is 0 Å². The van der Waals surface area contributed by atoms with Gasteiger partial charge in [0.2, 0.25) is 0 Å². The van der Waals surface area contributed by atoms with Crippen molar-refractivity contribution < 1.29 is 9.90 Å². The van der Waals surface area contributed by atoms with E-state index in [0.717, 1.165) is 34.1 Å². The highest BCUT2D eigenvalue weighted by atomic mass is 32.1. The molecule has 0 radical (unpaired) electrons. The first-order chi connectivity index (χ1) is 9.24. The third-order valence-electron chi connectivity index (χ3n) is 3.04. The monoisotopic (exact) mass is 275 g/mol. The molecule has 0 amide bonds. The second-order valence-electron chi connectivity index (χ2n) is 4.59. The van der Waals surface area contributed by atoms with Gasteiger partial charge in [-0.1, -0.05) is 0 Å². The molecule has 1 N–H and O–H groups in total. The normalized spacial score (nSPS) is 14.5. The molecule has 0 bridgehead atoms. The van der Waals surface area contributed by atoms with Gasteiger partial charge in [-0.15, -0.1) is 11.3 Å². The zero-order valence-corrected chi connectivity index (χ0v) is 11.1. The Labute approximate surface area is 114 Å². The maximum Gasteiger partial charge on any atom is 0.303 e. The van der Waals surface area contributed by atoms with E-state index in [2.05, 4.69) is 15.0 Å². The number of nitrogens with zero attached hydrogens (tertiary/aromatic N) is 3. The minimum atomic E-state index is -0.767. The summed E-state index contributed by atoms with van der Waals surface area (Å²) in [4.78, 5) is 24.7. The topological polar surface area (TPSA) is 76.0 Å². The van der Waals surface area contributed by atoms with Crippen LogP contribution in [0.25, 0.3) is 10.7 Å². The molecule has 3 rings (SSSR count). The molecule has 0 aromatic carbocycles. The van der Waals surface area contributed by atoms with Gasteiger partial charge in [0, 0.05) is 23.2 Å². The van der Waals surface area contributed by atoms with Gasteiger partial charge in [0.05, 0.1) is 18.3 Å². The molecule has 1 aliphatic rings. The number of aryl methyl sites for hydroxylation is 1. The number of carboxylic acid groups (broad SMARTS) is 1. The van der Waals surface area contributed by atoms with E-state index in [1.54, 1.807) is 29.9 Å². The Hall–Kier alpha value is -1.82. The van der Waals surface area contributed by atoms with Crippen molar-refractivity contribution in [3.63, 3.8) is 0 Å². The lowest BCUT2D eigenvalue weighted by Crippen LogP contribution is -1.98. The van der Waals surface area contributed by atoms with Crippen LogP contribution in [0.4, 0.5) is 0 Å². The maximum atomic E-state index is 10.7. The molecule has 2 aromatic rings. The molecule has 0 unspecified atom stereocenters. The van der Waals surface area contributed by atoms with Crippen molar-refractivity contribution in [3.8, 4) is 10.7 Å². The zero-order valence-electron chi connectivity index (χ0n) is 10.2. The van der Waals surface area contributed by atoms with Gasteiger partial charge in [-0.2, -0.15) is 0 Å². The average Bonchev–Trinajstić information content (AvgIpc) is 3.17. The smallest absolute Gasteiger partial charge is 0.303 e. The first-order valence-corrected chi connectivity index (χ1v) is 7.03. The molecule has 19 heavy (non-hydrogen) atoms. The van der Waals surface area contributed by atoms with E-state index in [4.69, 9.17) is 5.11 Å². The van der Waals surface area contributed by atoms with E-state index >= 15 is 0 Å². The quantitative estimate of drug-likeness (QED) is 0.907. The fourth-order valence-corrected chi connectivity index (χ4v) is 3.07. The average molecular weight is 275 g/mol. The Morgan fingerprint density at radius 1 is 1.42 bits per heavy atom. The summed E-state index contributed by atoms with van der Waals surface area (Å²) in [7, 11) is 0.